The maximum atomic E-state index is 13.6. The first kappa shape index (κ1) is 36.1. The minimum absolute atomic E-state index is 0.00486. The number of β-lactam (4-membered cyclic amide) rings is 1. The molecule has 1 fully saturated rings. The highest BCUT2D eigenvalue weighted by Gasteiger charge is 2.54. The van der Waals surface area contributed by atoms with Crippen molar-refractivity contribution in [3.05, 3.63) is 45.8 Å². The van der Waals surface area contributed by atoms with Gasteiger partial charge in [-0.2, -0.15) is 8.42 Å². The molecule has 0 spiro atoms. The number of amides is 3. The Hall–Kier alpha value is -4.36. The number of aromatic nitrogens is 2. The molecule has 2 aromatic rings. The zero-order valence-electron chi connectivity index (χ0n) is 26.4. The van der Waals surface area contributed by atoms with Gasteiger partial charge in [-0.1, -0.05) is 11.2 Å². The Bertz CT molecular complexity index is 1700. The molecule has 0 saturated carbocycles. The van der Waals surface area contributed by atoms with Crippen LogP contribution in [0.25, 0.3) is 0 Å². The van der Waals surface area contributed by atoms with E-state index in [1.54, 1.807) is 41.5 Å². The lowest BCUT2D eigenvalue weighted by Gasteiger charge is -2.44. The summed E-state index contributed by atoms with van der Waals surface area (Å²) >= 11 is 0.887. The fourth-order valence-corrected chi connectivity index (χ4v) is 5.35. The van der Waals surface area contributed by atoms with Crippen LogP contribution in [0.4, 0.5) is 9.93 Å². The molecule has 3 heterocycles. The molecule has 3 N–H and O–H groups in total. The number of carbonyl (C=O) groups is 4. The first-order valence-corrected chi connectivity index (χ1v) is 16.0. The van der Waals surface area contributed by atoms with Gasteiger partial charge < -0.3 is 24.2 Å². The van der Waals surface area contributed by atoms with Crippen LogP contribution < -0.4 is 16.2 Å². The van der Waals surface area contributed by atoms with E-state index in [0.717, 1.165) is 15.9 Å². The SMILES string of the molecule is CC(C)(C)OC(=O)Nc1nc(/C(=N/OC(C)(C)C(=O)OC(C)(C)C)C(=O)N[C@@H]2C(=O)N(S(=O)(=O)O)[C@@H]2Cn2ccccc2=O)cs1. The van der Waals surface area contributed by atoms with E-state index in [9.17, 15) is 36.9 Å². The Morgan fingerprint density at radius 2 is 1.67 bits per heavy atom. The second kappa shape index (κ2) is 13.2. The topological polar surface area (TPSA) is 225 Å². The normalized spacial score (nSPS) is 17.5. The van der Waals surface area contributed by atoms with E-state index in [0.29, 0.717) is 0 Å². The molecule has 0 radical (unpaired) electrons. The zero-order chi connectivity index (χ0) is 34.8. The lowest BCUT2D eigenvalue weighted by Crippen LogP contribution is -2.73. The molecule has 17 nitrogen and oxygen atoms in total. The Balaban J connectivity index is 1.96. The minimum Gasteiger partial charge on any atom is -0.457 e. The highest BCUT2D eigenvalue weighted by atomic mass is 32.2. The van der Waals surface area contributed by atoms with E-state index in [4.69, 9.17) is 14.3 Å². The summed E-state index contributed by atoms with van der Waals surface area (Å²) in [5.41, 5.74) is -4.68. The van der Waals surface area contributed by atoms with Crippen molar-refractivity contribution in [1.82, 2.24) is 19.2 Å². The third kappa shape index (κ3) is 9.33. The molecule has 46 heavy (non-hydrogen) atoms. The summed E-state index contributed by atoms with van der Waals surface area (Å²) in [5, 5.41) is 9.93. The number of rotatable bonds is 10. The van der Waals surface area contributed by atoms with Gasteiger partial charge in [0.1, 0.15) is 22.9 Å². The van der Waals surface area contributed by atoms with Crippen LogP contribution >= 0.6 is 11.3 Å². The van der Waals surface area contributed by atoms with Crippen LogP contribution in [-0.4, -0.2) is 85.3 Å². The van der Waals surface area contributed by atoms with Gasteiger partial charge >= 0.3 is 22.4 Å². The smallest absolute Gasteiger partial charge is 0.413 e. The number of nitrogens with zero attached hydrogens (tertiary/aromatic N) is 4. The summed E-state index contributed by atoms with van der Waals surface area (Å²) in [6.45, 7) is 12.2. The molecule has 1 aliphatic heterocycles. The summed E-state index contributed by atoms with van der Waals surface area (Å²) in [7, 11) is -5.07. The molecule has 19 heteroatoms. The van der Waals surface area contributed by atoms with Crippen LogP contribution in [0.1, 0.15) is 61.1 Å². The van der Waals surface area contributed by atoms with Gasteiger partial charge in [0.15, 0.2) is 10.8 Å². The van der Waals surface area contributed by atoms with Crippen LogP contribution in [-0.2, 0) is 45.5 Å². The summed E-state index contributed by atoms with van der Waals surface area (Å²) in [4.78, 5) is 73.3. The minimum atomic E-state index is -5.07. The standard InChI is InChI=1S/C27H36N6O11S2/c1-25(2,3)42-22(37)27(7,8)44-31-18(15-14-45-23(28-15)30-24(38)43-26(4,5)6)20(35)29-19-16(33(21(19)36)46(39,40)41)13-32-12-10-9-11-17(32)34/h9-12,14,16,19H,13H2,1-8H3,(H,29,35)(H,28,30,38)(H,39,40,41)/b31-18-/t16-,19+/m1/s1. The first-order chi connectivity index (χ1) is 21.0. The second-order valence-electron chi connectivity index (χ2n) is 12.5. The monoisotopic (exact) mass is 684 g/mol. The van der Waals surface area contributed by atoms with Gasteiger partial charge in [0.05, 0.1) is 6.04 Å². The number of nitrogens with one attached hydrogen (secondary N) is 2. The van der Waals surface area contributed by atoms with Crippen LogP contribution in [0.15, 0.2) is 39.7 Å². The van der Waals surface area contributed by atoms with Gasteiger partial charge in [-0.3, -0.25) is 24.3 Å². The molecule has 0 unspecified atom stereocenters. The fourth-order valence-electron chi connectivity index (χ4n) is 3.80. The molecule has 3 amide bonds. The molecular weight excluding hydrogens is 648 g/mol. The van der Waals surface area contributed by atoms with Crippen molar-refractivity contribution in [2.24, 2.45) is 5.16 Å². The number of anilines is 1. The van der Waals surface area contributed by atoms with Gasteiger partial charge in [0.25, 0.3) is 17.4 Å². The van der Waals surface area contributed by atoms with Crippen LogP contribution in [0.5, 0.6) is 0 Å². The number of esters is 1. The third-order valence-corrected chi connectivity index (χ3v) is 7.52. The Morgan fingerprint density at radius 3 is 2.24 bits per heavy atom. The maximum absolute atomic E-state index is 13.6. The summed E-state index contributed by atoms with van der Waals surface area (Å²) in [5.74, 6) is -3.11. The van der Waals surface area contributed by atoms with E-state index in [1.807, 2.05) is 0 Å². The molecule has 1 aliphatic rings. The van der Waals surface area contributed by atoms with E-state index in [-0.39, 0.29) is 15.1 Å². The molecule has 0 aliphatic carbocycles. The number of ether oxygens (including phenoxy) is 2. The zero-order valence-corrected chi connectivity index (χ0v) is 28.0. The van der Waals surface area contributed by atoms with E-state index in [2.05, 4.69) is 20.8 Å². The quantitative estimate of drug-likeness (QED) is 0.107. The van der Waals surface area contributed by atoms with Gasteiger partial charge in [0, 0.05) is 24.2 Å². The summed E-state index contributed by atoms with van der Waals surface area (Å²) in [6.07, 6.45) is 0.503. The van der Waals surface area contributed by atoms with Crippen LogP contribution in [0, 0.1) is 0 Å². The number of hydrogen-bond donors (Lipinski definition) is 3. The molecule has 252 valence electrons. The molecule has 2 aromatic heterocycles. The predicted molar refractivity (Wildman–Crippen MR) is 164 cm³/mol. The Kier molecular flexibility index (Phi) is 10.3. The lowest BCUT2D eigenvalue weighted by atomic mass is 9.98. The van der Waals surface area contributed by atoms with Crippen molar-refractivity contribution in [2.45, 2.75) is 90.8 Å². The molecular formula is C27H36N6O11S2. The molecule has 3 rings (SSSR count). The van der Waals surface area contributed by atoms with Crippen LogP contribution in [0.2, 0.25) is 0 Å². The number of oxime groups is 1. The van der Waals surface area contributed by atoms with Crippen molar-refractivity contribution in [1.29, 1.82) is 0 Å². The summed E-state index contributed by atoms with van der Waals surface area (Å²) in [6, 6.07) is 1.18. The average Bonchev–Trinajstić information content (AvgIpc) is 3.32. The van der Waals surface area contributed by atoms with Crippen molar-refractivity contribution < 1.29 is 46.5 Å². The second-order valence-corrected chi connectivity index (χ2v) is 14.7. The largest absolute Gasteiger partial charge is 0.457 e. The van der Waals surface area contributed by atoms with E-state index >= 15 is 0 Å². The Labute approximate surface area is 268 Å². The number of carbonyl (C=O) groups excluding carboxylic acids is 4. The van der Waals surface area contributed by atoms with Gasteiger partial charge in [-0.05, 0) is 61.5 Å². The molecule has 1 saturated heterocycles. The first-order valence-electron chi connectivity index (χ1n) is 13.7. The van der Waals surface area contributed by atoms with Crippen LogP contribution in [0.3, 0.4) is 0 Å². The van der Waals surface area contributed by atoms with E-state index in [1.165, 1.54) is 43.6 Å². The van der Waals surface area contributed by atoms with E-state index < -0.39 is 80.9 Å². The molecule has 0 aromatic carbocycles. The van der Waals surface area contributed by atoms with Gasteiger partial charge in [0.2, 0.25) is 5.60 Å². The maximum Gasteiger partial charge on any atom is 0.413 e. The van der Waals surface area contributed by atoms with Crippen molar-refractivity contribution >= 4 is 56.4 Å². The van der Waals surface area contributed by atoms with Gasteiger partial charge in [-0.15, -0.1) is 11.3 Å². The molecule has 0 bridgehead atoms. The number of thiazole rings is 1. The molecule has 2 atom stereocenters. The van der Waals surface area contributed by atoms with Gasteiger partial charge in [-0.25, -0.2) is 18.9 Å². The Morgan fingerprint density at radius 1 is 1.04 bits per heavy atom. The third-order valence-electron chi connectivity index (χ3n) is 5.81. The fraction of sp³-hybridized carbons (Fsp3) is 0.519. The number of pyridine rings is 1. The highest BCUT2D eigenvalue weighted by Crippen LogP contribution is 2.26. The average molecular weight is 685 g/mol. The van der Waals surface area contributed by atoms with Crippen molar-refractivity contribution in [3.8, 4) is 0 Å². The van der Waals surface area contributed by atoms with Crippen molar-refractivity contribution in [2.75, 3.05) is 5.32 Å². The van der Waals surface area contributed by atoms with Crippen molar-refractivity contribution in [3.63, 3.8) is 0 Å². The highest BCUT2D eigenvalue weighted by molar-refractivity contribution is 7.84. The summed E-state index contributed by atoms with van der Waals surface area (Å²) < 4.78 is 45.4. The lowest BCUT2D eigenvalue weighted by molar-refractivity contribution is -0.179. The predicted octanol–water partition coefficient (Wildman–Crippen LogP) is 1.69. The number of hydrogen-bond acceptors (Lipinski definition) is 13.